The van der Waals surface area contributed by atoms with Gasteiger partial charge < -0.3 is 26.0 Å². The van der Waals surface area contributed by atoms with Crippen LogP contribution in [0.15, 0.2) is 30.2 Å². The van der Waals surface area contributed by atoms with Gasteiger partial charge in [0.1, 0.15) is 11.6 Å². The van der Waals surface area contributed by atoms with E-state index >= 15 is 0 Å². The first-order valence-electron chi connectivity index (χ1n) is 12.0. The van der Waals surface area contributed by atoms with E-state index in [1.807, 2.05) is 17.2 Å². The number of pyridine rings is 1. The molecule has 0 aromatic carbocycles. The summed E-state index contributed by atoms with van der Waals surface area (Å²) < 4.78 is 0. The van der Waals surface area contributed by atoms with Crippen LogP contribution in [0.25, 0.3) is 6.08 Å². The molecule has 4 N–H and O–H groups in total. The molecule has 0 spiro atoms. The second-order valence-corrected chi connectivity index (χ2v) is 9.48. The van der Waals surface area contributed by atoms with Crippen LogP contribution in [0.2, 0.25) is 0 Å². The van der Waals surface area contributed by atoms with Gasteiger partial charge in [0.05, 0.1) is 17.6 Å². The molecule has 2 fully saturated rings. The molecule has 3 aliphatic rings. The lowest BCUT2D eigenvalue weighted by atomic mass is 10.1. The average Bonchev–Trinajstić information content (AvgIpc) is 3.35. The van der Waals surface area contributed by atoms with Gasteiger partial charge in [-0.3, -0.25) is 4.90 Å². The maximum Gasteiger partial charge on any atom is 0.230 e. The first-order valence-corrected chi connectivity index (χ1v) is 12.0. The maximum absolute atomic E-state index is 10.8. The highest BCUT2D eigenvalue weighted by Crippen LogP contribution is 2.36. The van der Waals surface area contributed by atoms with Crippen molar-refractivity contribution < 1.29 is 5.11 Å². The molecule has 1 aliphatic carbocycles. The lowest BCUT2D eigenvalue weighted by Gasteiger charge is -2.38. The van der Waals surface area contributed by atoms with Gasteiger partial charge in [-0.25, -0.2) is 9.97 Å². The number of hydrogen-bond acceptors (Lipinski definition) is 9. The molecule has 176 valence electrons. The van der Waals surface area contributed by atoms with Gasteiger partial charge in [0.15, 0.2) is 6.23 Å². The first kappa shape index (κ1) is 21.9. The van der Waals surface area contributed by atoms with Crippen LogP contribution in [0.1, 0.15) is 45.1 Å². The van der Waals surface area contributed by atoms with Gasteiger partial charge in [-0.05, 0) is 44.9 Å². The predicted molar refractivity (Wildman–Crippen MR) is 131 cm³/mol. The summed E-state index contributed by atoms with van der Waals surface area (Å²) in [6.07, 6.45) is 8.96. The fraction of sp³-hybridized carbons (Fsp3) is 0.542. The molecule has 9 nitrogen and oxygen atoms in total. The van der Waals surface area contributed by atoms with E-state index in [2.05, 4.69) is 45.0 Å². The fourth-order valence-electron chi connectivity index (χ4n) is 5.09. The van der Waals surface area contributed by atoms with Crippen LogP contribution in [0.3, 0.4) is 0 Å². The lowest BCUT2D eigenvalue weighted by Crippen LogP contribution is -2.48. The van der Waals surface area contributed by atoms with Gasteiger partial charge in [-0.15, -0.1) is 0 Å². The van der Waals surface area contributed by atoms with Gasteiger partial charge in [-0.2, -0.15) is 4.98 Å². The third kappa shape index (κ3) is 4.47. The van der Waals surface area contributed by atoms with Crippen LogP contribution in [0.5, 0.6) is 0 Å². The van der Waals surface area contributed by atoms with Gasteiger partial charge in [0, 0.05) is 50.0 Å². The van der Waals surface area contributed by atoms with Crippen LogP contribution in [0, 0.1) is 0 Å². The summed E-state index contributed by atoms with van der Waals surface area (Å²) in [6.45, 7) is 8.66. The number of nitrogens with one attached hydrogen (secondary N) is 1. The summed E-state index contributed by atoms with van der Waals surface area (Å²) in [5, 5.41) is 14.0. The van der Waals surface area contributed by atoms with Gasteiger partial charge in [-0.1, -0.05) is 12.8 Å². The molecule has 1 saturated heterocycles. The van der Waals surface area contributed by atoms with Gasteiger partial charge >= 0.3 is 0 Å². The molecule has 1 unspecified atom stereocenters. The van der Waals surface area contributed by atoms with Crippen LogP contribution in [-0.4, -0.2) is 69.4 Å². The number of nitrogens with two attached hydrogens (primary N) is 1. The largest absolute Gasteiger partial charge is 0.398 e. The molecule has 0 radical (unpaired) electrons. The number of aromatic nitrogens is 3. The van der Waals surface area contributed by atoms with E-state index in [0.29, 0.717) is 23.5 Å². The Labute approximate surface area is 195 Å². The standard InChI is InChI=1S/C24H34N8O/c1-16(2)30-9-11-31(12-10-30)19-7-8-21(26-15-19)28-24-27-14-17-13-20(25)23(33)32(22(17)29-24)18-5-3-4-6-18/h7-8,13-16,18,23,33H,3-6,9-12,25H2,1-2H3,(H,26,27,28,29). The zero-order valence-corrected chi connectivity index (χ0v) is 19.5. The van der Waals surface area contributed by atoms with E-state index in [9.17, 15) is 5.11 Å². The quantitative estimate of drug-likeness (QED) is 0.633. The van der Waals surface area contributed by atoms with E-state index < -0.39 is 6.23 Å². The smallest absolute Gasteiger partial charge is 0.230 e. The normalized spacial score (nSPS) is 21.9. The minimum Gasteiger partial charge on any atom is -0.398 e. The van der Waals surface area contributed by atoms with Crippen molar-refractivity contribution in [1.82, 2.24) is 19.9 Å². The number of fused-ring (bicyclic) bond motifs is 1. The second kappa shape index (κ2) is 9.15. The molecule has 9 heteroatoms. The molecule has 2 aromatic heterocycles. The Balaban J connectivity index is 1.30. The van der Waals surface area contributed by atoms with Crippen molar-refractivity contribution in [3.8, 4) is 0 Å². The Kier molecular flexibility index (Phi) is 6.07. The van der Waals surface area contributed by atoms with E-state index in [4.69, 9.17) is 10.7 Å². The molecule has 1 saturated carbocycles. The van der Waals surface area contributed by atoms with Crippen molar-refractivity contribution in [2.45, 2.75) is 57.8 Å². The van der Waals surface area contributed by atoms with Crippen molar-refractivity contribution >= 4 is 29.3 Å². The molecule has 2 aliphatic heterocycles. The van der Waals surface area contributed by atoms with Crippen molar-refractivity contribution in [1.29, 1.82) is 0 Å². The number of aliphatic hydroxyl groups excluding tert-OH is 1. The molecular weight excluding hydrogens is 416 g/mol. The van der Waals surface area contributed by atoms with Gasteiger partial charge in [0.25, 0.3) is 0 Å². The summed E-state index contributed by atoms with van der Waals surface area (Å²) >= 11 is 0. The molecule has 33 heavy (non-hydrogen) atoms. The summed E-state index contributed by atoms with van der Waals surface area (Å²) in [6, 6.07) is 4.89. The van der Waals surface area contributed by atoms with E-state index in [1.165, 1.54) is 0 Å². The SMILES string of the molecule is CC(C)N1CCN(c2ccc(Nc3ncc4c(n3)N(C3CCCC3)C(O)C(N)=C4)nc2)CC1. The van der Waals surface area contributed by atoms with Crippen molar-refractivity contribution in [2.75, 3.05) is 41.3 Å². The summed E-state index contributed by atoms with van der Waals surface area (Å²) in [5.74, 6) is 1.88. The minimum atomic E-state index is -0.850. The zero-order chi connectivity index (χ0) is 22.9. The van der Waals surface area contributed by atoms with E-state index in [1.54, 1.807) is 12.3 Å². The van der Waals surface area contributed by atoms with Crippen molar-refractivity contribution in [3.63, 3.8) is 0 Å². The molecule has 2 aromatic rings. The number of nitrogens with zero attached hydrogens (tertiary/aromatic N) is 6. The molecule has 1 atom stereocenters. The number of hydrogen-bond donors (Lipinski definition) is 3. The number of aliphatic hydroxyl groups is 1. The molecular formula is C24H34N8O. The Hall–Kier alpha value is -2.91. The van der Waals surface area contributed by atoms with E-state index in [-0.39, 0.29) is 6.04 Å². The van der Waals surface area contributed by atoms with Crippen molar-refractivity contribution in [2.24, 2.45) is 5.73 Å². The summed E-state index contributed by atoms with van der Waals surface area (Å²) in [4.78, 5) is 20.6. The number of piperazine rings is 1. The highest BCUT2D eigenvalue weighted by molar-refractivity contribution is 5.72. The lowest BCUT2D eigenvalue weighted by molar-refractivity contribution is 0.189. The van der Waals surface area contributed by atoms with Crippen LogP contribution >= 0.6 is 0 Å². The average molecular weight is 451 g/mol. The Morgan fingerprint density at radius 2 is 1.82 bits per heavy atom. The van der Waals surface area contributed by atoms with Crippen molar-refractivity contribution in [3.05, 3.63) is 35.8 Å². The number of rotatable bonds is 5. The molecule has 5 rings (SSSR count). The topological polar surface area (TPSA) is 107 Å². The summed E-state index contributed by atoms with van der Waals surface area (Å²) in [5.41, 5.74) is 8.49. The fourth-order valence-corrected chi connectivity index (χ4v) is 5.09. The van der Waals surface area contributed by atoms with Crippen LogP contribution in [-0.2, 0) is 0 Å². The van der Waals surface area contributed by atoms with Crippen LogP contribution in [0.4, 0.5) is 23.3 Å². The molecule has 4 heterocycles. The maximum atomic E-state index is 10.8. The monoisotopic (exact) mass is 450 g/mol. The van der Waals surface area contributed by atoms with Gasteiger partial charge in [0.2, 0.25) is 5.95 Å². The Morgan fingerprint density at radius 3 is 2.48 bits per heavy atom. The highest BCUT2D eigenvalue weighted by atomic mass is 16.3. The second-order valence-electron chi connectivity index (χ2n) is 9.48. The van der Waals surface area contributed by atoms with Crippen LogP contribution < -0.4 is 20.9 Å². The Bertz CT molecular complexity index is 994. The highest BCUT2D eigenvalue weighted by Gasteiger charge is 2.34. The predicted octanol–water partition coefficient (Wildman–Crippen LogP) is 2.53. The molecule has 0 bridgehead atoms. The van der Waals surface area contributed by atoms with E-state index in [0.717, 1.165) is 68.9 Å². The molecule has 0 amide bonds. The Morgan fingerprint density at radius 1 is 1.06 bits per heavy atom. The first-order chi connectivity index (χ1) is 16.0. The minimum absolute atomic E-state index is 0.238. The third-order valence-electron chi connectivity index (χ3n) is 7.04. The summed E-state index contributed by atoms with van der Waals surface area (Å²) in [7, 11) is 0. The number of anilines is 4. The third-order valence-corrected chi connectivity index (χ3v) is 7.04. The zero-order valence-electron chi connectivity index (χ0n) is 19.5.